The van der Waals surface area contributed by atoms with Gasteiger partial charge >= 0.3 is 0 Å². The molecule has 1 aliphatic heterocycles. The Labute approximate surface area is 124 Å². The largest absolute Gasteiger partial charge is 0.496 e. The second kappa shape index (κ2) is 5.64. The topological polar surface area (TPSA) is 41.6 Å². The number of carbonyl (C=O) groups excluding carboxylic acids is 1. The van der Waals surface area contributed by atoms with Crippen molar-refractivity contribution in [2.24, 2.45) is 0 Å². The van der Waals surface area contributed by atoms with Gasteiger partial charge in [-0.2, -0.15) is 0 Å². The predicted octanol–water partition coefficient (Wildman–Crippen LogP) is 2.08. The van der Waals surface area contributed by atoms with Crippen LogP contribution in [0.3, 0.4) is 0 Å². The highest BCUT2D eigenvalue weighted by Crippen LogP contribution is 2.38. The fraction of sp³-hybridized carbons (Fsp3) is 0.562. The molecule has 21 heavy (non-hydrogen) atoms. The molecule has 3 rings (SSSR count). The van der Waals surface area contributed by atoms with E-state index in [0.29, 0.717) is 18.8 Å². The molecule has 0 unspecified atom stereocenters. The Morgan fingerprint density at radius 3 is 2.86 bits per heavy atom. The molecule has 1 aliphatic carbocycles. The highest BCUT2D eigenvalue weighted by Gasteiger charge is 2.47. The van der Waals surface area contributed by atoms with Crippen molar-refractivity contribution in [3.63, 3.8) is 0 Å². The highest BCUT2D eigenvalue weighted by molar-refractivity contribution is 5.87. The first kappa shape index (κ1) is 14.3. The molecule has 2 fully saturated rings. The second-order valence-corrected chi connectivity index (χ2v) is 5.87. The van der Waals surface area contributed by atoms with E-state index in [4.69, 9.17) is 4.74 Å². The number of rotatable bonds is 3. The van der Waals surface area contributed by atoms with Crippen LogP contribution in [0, 0.1) is 5.82 Å². The lowest BCUT2D eigenvalue weighted by Crippen LogP contribution is -2.63. The monoisotopic (exact) mass is 292 g/mol. The number of hydrogen-bond acceptors (Lipinski definition) is 3. The van der Waals surface area contributed by atoms with Crippen LogP contribution in [0.5, 0.6) is 5.75 Å². The van der Waals surface area contributed by atoms with Crippen LogP contribution < -0.4 is 10.1 Å². The van der Waals surface area contributed by atoms with Gasteiger partial charge in [-0.05, 0) is 31.0 Å². The van der Waals surface area contributed by atoms with Crippen LogP contribution in [-0.2, 0) is 11.3 Å². The van der Waals surface area contributed by atoms with E-state index in [9.17, 15) is 9.18 Å². The molecule has 5 heteroatoms. The van der Waals surface area contributed by atoms with Crippen molar-refractivity contribution in [2.75, 3.05) is 20.2 Å². The van der Waals surface area contributed by atoms with E-state index >= 15 is 0 Å². The van der Waals surface area contributed by atoms with E-state index in [-0.39, 0.29) is 11.7 Å². The molecule has 1 saturated heterocycles. The number of nitrogens with one attached hydrogen (secondary N) is 1. The number of amides is 1. The zero-order valence-electron chi connectivity index (χ0n) is 12.3. The SMILES string of the molecule is COc1ccc(F)cc1CN1CCNC(=O)C12CCCC2. The van der Waals surface area contributed by atoms with Crippen molar-refractivity contribution in [3.8, 4) is 5.75 Å². The summed E-state index contributed by atoms with van der Waals surface area (Å²) in [6.07, 6.45) is 3.92. The van der Waals surface area contributed by atoms with E-state index < -0.39 is 5.54 Å². The van der Waals surface area contributed by atoms with Gasteiger partial charge in [-0.1, -0.05) is 12.8 Å². The summed E-state index contributed by atoms with van der Waals surface area (Å²) in [7, 11) is 1.59. The Bertz CT molecular complexity index is 541. The van der Waals surface area contributed by atoms with Crippen molar-refractivity contribution in [2.45, 2.75) is 37.8 Å². The van der Waals surface area contributed by atoms with E-state index in [1.54, 1.807) is 13.2 Å². The van der Waals surface area contributed by atoms with E-state index in [0.717, 1.165) is 37.8 Å². The fourth-order valence-electron chi connectivity index (χ4n) is 3.64. The summed E-state index contributed by atoms with van der Waals surface area (Å²) < 4.78 is 18.9. The third-order valence-electron chi connectivity index (χ3n) is 4.73. The summed E-state index contributed by atoms with van der Waals surface area (Å²) in [5.41, 5.74) is 0.397. The van der Waals surface area contributed by atoms with Crippen molar-refractivity contribution < 1.29 is 13.9 Å². The molecule has 1 saturated carbocycles. The van der Waals surface area contributed by atoms with Gasteiger partial charge in [0.25, 0.3) is 0 Å². The molecule has 1 spiro atoms. The number of hydrogen-bond donors (Lipinski definition) is 1. The van der Waals surface area contributed by atoms with Crippen LogP contribution in [0.2, 0.25) is 0 Å². The van der Waals surface area contributed by atoms with Gasteiger partial charge < -0.3 is 10.1 Å². The number of piperazine rings is 1. The van der Waals surface area contributed by atoms with Gasteiger partial charge in [0, 0.05) is 25.2 Å². The molecule has 1 amide bonds. The number of halogens is 1. The summed E-state index contributed by atoms with van der Waals surface area (Å²) in [5, 5.41) is 2.98. The molecule has 1 aromatic carbocycles. The van der Waals surface area contributed by atoms with Gasteiger partial charge in [-0.15, -0.1) is 0 Å². The van der Waals surface area contributed by atoms with Crippen molar-refractivity contribution in [1.29, 1.82) is 0 Å². The summed E-state index contributed by atoms with van der Waals surface area (Å²) in [5.74, 6) is 0.532. The Kier molecular flexibility index (Phi) is 3.85. The van der Waals surface area contributed by atoms with Crippen molar-refractivity contribution in [3.05, 3.63) is 29.6 Å². The molecule has 114 valence electrons. The van der Waals surface area contributed by atoms with Gasteiger partial charge in [0.1, 0.15) is 17.1 Å². The molecule has 4 nitrogen and oxygen atoms in total. The van der Waals surface area contributed by atoms with E-state index in [2.05, 4.69) is 10.2 Å². The predicted molar refractivity (Wildman–Crippen MR) is 77.6 cm³/mol. The maximum absolute atomic E-state index is 13.5. The molecule has 0 aromatic heterocycles. The van der Waals surface area contributed by atoms with Crippen LogP contribution in [0.1, 0.15) is 31.2 Å². The highest BCUT2D eigenvalue weighted by atomic mass is 19.1. The first-order valence-corrected chi connectivity index (χ1v) is 7.51. The van der Waals surface area contributed by atoms with Gasteiger partial charge in [-0.3, -0.25) is 9.69 Å². The lowest BCUT2D eigenvalue weighted by atomic mass is 9.91. The molecule has 1 aromatic rings. The van der Waals surface area contributed by atoms with Gasteiger partial charge in [0.05, 0.1) is 7.11 Å². The maximum atomic E-state index is 13.5. The molecule has 2 aliphatic rings. The van der Waals surface area contributed by atoms with Crippen LogP contribution in [0.4, 0.5) is 4.39 Å². The molecule has 0 bridgehead atoms. The Morgan fingerprint density at radius 2 is 2.14 bits per heavy atom. The summed E-state index contributed by atoms with van der Waals surface area (Å²) >= 11 is 0. The average Bonchev–Trinajstić information content (AvgIpc) is 2.95. The van der Waals surface area contributed by atoms with Crippen LogP contribution >= 0.6 is 0 Å². The molecule has 0 atom stereocenters. The quantitative estimate of drug-likeness (QED) is 0.927. The zero-order valence-corrected chi connectivity index (χ0v) is 12.3. The minimum Gasteiger partial charge on any atom is -0.496 e. The van der Waals surface area contributed by atoms with Crippen molar-refractivity contribution >= 4 is 5.91 Å². The second-order valence-electron chi connectivity index (χ2n) is 5.87. The third-order valence-corrected chi connectivity index (χ3v) is 4.73. The Morgan fingerprint density at radius 1 is 1.38 bits per heavy atom. The van der Waals surface area contributed by atoms with Gasteiger partial charge in [0.2, 0.25) is 5.91 Å². The first-order valence-electron chi connectivity index (χ1n) is 7.51. The number of benzene rings is 1. The lowest BCUT2D eigenvalue weighted by Gasteiger charge is -2.43. The Hall–Kier alpha value is -1.62. The first-order chi connectivity index (χ1) is 10.2. The van der Waals surface area contributed by atoms with Crippen LogP contribution in [-0.4, -0.2) is 36.5 Å². The minimum atomic E-state index is -0.407. The zero-order chi connectivity index (χ0) is 14.9. The minimum absolute atomic E-state index is 0.126. The third kappa shape index (κ3) is 2.50. The fourth-order valence-corrected chi connectivity index (χ4v) is 3.64. The number of carbonyl (C=O) groups is 1. The molecular weight excluding hydrogens is 271 g/mol. The lowest BCUT2D eigenvalue weighted by molar-refractivity contribution is -0.137. The molecule has 1 N–H and O–H groups in total. The Balaban J connectivity index is 1.89. The van der Waals surface area contributed by atoms with Crippen LogP contribution in [0.25, 0.3) is 0 Å². The maximum Gasteiger partial charge on any atom is 0.240 e. The average molecular weight is 292 g/mol. The molecule has 1 heterocycles. The molecular formula is C16H21FN2O2. The molecule has 0 radical (unpaired) electrons. The summed E-state index contributed by atoms with van der Waals surface area (Å²) in [6, 6.07) is 4.56. The van der Waals surface area contributed by atoms with Crippen molar-refractivity contribution in [1.82, 2.24) is 10.2 Å². The van der Waals surface area contributed by atoms with Crippen LogP contribution in [0.15, 0.2) is 18.2 Å². The summed E-state index contributed by atoms with van der Waals surface area (Å²) in [6.45, 7) is 2.00. The van der Waals surface area contributed by atoms with E-state index in [1.165, 1.54) is 12.1 Å². The number of methoxy groups -OCH3 is 1. The normalized spacial score (nSPS) is 21.5. The number of nitrogens with zero attached hydrogens (tertiary/aromatic N) is 1. The number of ether oxygens (including phenoxy) is 1. The summed E-state index contributed by atoms with van der Waals surface area (Å²) in [4.78, 5) is 14.6. The smallest absolute Gasteiger partial charge is 0.240 e. The van der Waals surface area contributed by atoms with Gasteiger partial charge in [0.15, 0.2) is 0 Å². The standard InChI is InChI=1S/C16H21FN2O2/c1-21-14-5-4-13(17)10-12(14)11-19-9-8-18-15(20)16(19)6-2-3-7-16/h4-5,10H,2-3,6-9,11H2,1H3,(H,18,20). The van der Waals surface area contributed by atoms with Gasteiger partial charge in [-0.25, -0.2) is 4.39 Å². The van der Waals surface area contributed by atoms with E-state index in [1.807, 2.05) is 0 Å².